The summed E-state index contributed by atoms with van der Waals surface area (Å²) in [6, 6.07) is 17.6. The Morgan fingerprint density at radius 1 is 0.631 bits per heavy atom. The van der Waals surface area contributed by atoms with E-state index in [9.17, 15) is 69.9 Å². The van der Waals surface area contributed by atoms with Crippen molar-refractivity contribution in [3.63, 3.8) is 0 Å². The van der Waals surface area contributed by atoms with Gasteiger partial charge in [-0.2, -0.15) is 8.78 Å². The van der Waals surface area contributed by atoms with Gasteiger partial charge in [0.05, 0.1) is 135 Å². The van der Waals surface area contributed by atoms with E-state index in [2.05, 4.69) is 31.3 Å². The van der Waals surface area contributed by atoms with E-state index in [4.69, 9.17) is 71.3 Å². The van der Waals surface area contributed by atoms with Gasteiger partial charge in [-0.05, 0) is 72.2 Å². The minimum Gasteiger partial charge on any atom is -0.494 e. The van der Waals surface area contributed by atoms with Crippen LogP contribution in [0.4, 0.5) is 41.6 Å². The van der Waals surface area contributed by atoms with Crippen molar-refractivity contribution in [2.45, 2.75) is 110 Å². The minimum absolute atomic E-state index is 0.00776. The van der Waals surface area contributed by atoms with Gasteiger partial charge in [-0.25, -0.2) is 36.9 Å². The largest absolute Gasteiger partial charge is 0.510 e. The molecule has 5 aromatic carbocycles. The molecule has 0 bridgehead atoms. The first-order valence-corrected chi connectivity index (χ1v) is 39.0. The van der Waals surface area contributed by atoms with Crippen molar-refractivity contribution < 1.29 is 141 Å². The first kappa shape index (κ1) is 92.6. The van der Waals surface area contributed by atoms with Crippen LogP contribution in [0.1, 0.15) is 109 Å². The molecule has 1 aliphatic carbocycles. The highest BCUT2D eigenvalue weighted by Gasteiger charge is 2.51. The highest BCUT2D eigenvalue weighted by atomic mass is 19.2. The van der Waals surface area contributed by atoms with Crippen molar-refractivity contribution in [1.29, 1.82) is 0 Å². The van der Waals surface area contributed by atoms with E-state index >= 15 is 4.39 Å². The lowest BCUT2D eigenvalue weighted by Crippen LogP contribution is -2.57. The van der Waals surface area contributed by atoms with Crippen LogP contribution in [-0.4, -0.2) is 208 Å². The second-order valence-corrected chi connectivity index (χ2v) is 28.2. The van der Waals surface area contributed by atoms with Crippen LogP contribution in [0.5, 0.6) is 11.5 Å². The number of benzene rings is 5. The molecule has 122 heavy (non-hydrogen) atoms. The fraction of sp³-hybridized carbons (Fsp3) is 0.440. The molecule has 5 amide bonds. The Morgan fingerprint density at radius 2 is 1.21 bits per heavy atom. The number of alkyl carbamates (subject to hydrolysis) is 1. The van der Waals surface area contributed by atoms with Gasteiger partial charge in [-0.3, -0.25) is 33.6 Å². The Bertz CT molecular complexity index is 4960. The molecule has 10 rings (SSSR count). The van der Waals surface area contributed by atoms with Gasteiger partial charge in [0, 0.05) is 77.9 Å². The van der Waals surface area contributed by atoms with Gasteiger partial charge in [0.15, 0.2) is 11.6 Å². The molecule has 38 heteroatoms. The van der Waals surface area contributed by atoms with Gasteiger partial charge in [0.25, 0.3) is 11.5 Å². The van der Waals surface area contributed by atoms with Gasteiger partial charge in [0.2, 0.25) is 58.2 Å². The number of halogens is 6. The third-order valence-electron chi connectivity index (χ3n) is 19.9. The van der Waals surface area contributed by atoms with E-state index in [1.165, 1.54) is 76.6 Å². The maximum atomic E-state index is 15.3. The molecule has 4 atom stereocenters. The Hall–Kier alpha value is -11.7. The maximum Gasteiger partial charge on any atom is 0.510 e. The fourth-order valence-electron chi connectivity index (χ4n) is 13.6. The molecule has 0 spiro atoms. The first-order valence-electron chi connectivity index (χ1n) is 39.0. The molecule has 32 nitrogen and oxygen atoms in total. The number of ether oxygens (including phenoxy) is 15. The number of nitrogens with one attached hydrogen (secondary N) is 5. The molecular weight excluding hydrogens is 1620 g/mol. The first-order chi connectivity index (χ1) is 58.7. The predicted octanol–water partition coefficient (Wildman–Crippen LogP) is 8.72. The summed E-state index contributed by atoms with van der Waals surface area (Å²) in [6.07, 6.45) is -4.84. The zero-order chi connectivity index (χ0) is 87.7. The third kappa shape index (κ3) is 23.1. The zero-order valence-electron chi connectivity index (χ0n) is 67.8. The molecule has 0 fully saturated rings. The molecule has 3 aliphatic rings. The van der Waals surface area contributed by atoms with Crippen LogP contribution in [0.25, 0.3) is 33.4 Å². The molecule has 0 saturated carbocycles. The van der Waals surface area contributed by atoms with E-state index in [-0.39, 0.29) is 116 Å². The van der Waals surface area contributed by atoms with Crippen molar-refractivity contribution in [2.24, 2.45) is 5.92 Å². The third-order valence-corrected chi connectivity index (χ3v) is 19.9. The number of aromatic nitrogens is 2. The van der Waals surface area contributed by atoms with E-state index in [0.29, 0.717) is 82.6 Å². The number of carbonyl (C=O) groups excluding carboxylic acids is 9. The number of hydrogen-bond donors (Lipinski definition) is 5. The highest BCUT2D eigenvalue weighted by Crippen LogP contribution is 2.46. The molecule has 0 saturated heterocycles. The van der Waals surface area contributed by atoms with Gasteiger partial charge in [-0.15, -0.1) is 0 Å². The minimum atomic E-state index is -2.53. The van der Waals surface area contributed by atoms with Crippen LogP contribution in [0.2, 0.25) is 0 Å². The van der Waals surface area contributed by atoms with Crippen molar-refractivity contribution in [1.82, 2.24) is 30.8 Å². The molecule has 2 aromatic heterocycles. The summed E-state index contributed by atoms with van der Waals surface area (Å²) in [6.45, 7) is 9.66. The zero-order valence-corrected chi connectivity index (χ0v) is 67.8. The van der Waals surface area contributed by atoms with Crippen LogP contribution >= 0.6 is 0 Å². The van der Waals surface area contributed by atoms with E-state index < -0.39 is 162 Å². The topological polar surface area (TPSA) is 387 Å². The van der Waals surface area contributed by atoms with Crippen molar-refractivity contribution >= 4 is 70.4 Å². The average Bonchev–Trinajstić information content (AvgIpc) is 1.57. The van der Waals surface area contributed by atoms with Gasteiger partial charge in [-0.1, -0.05) is 75.4 Å². The summed E-state index contributed by atoms with van der Waals surface area (Å²) in [5.74, 6) is -23.6. The normalized spacial score (nSPS) is 14.4. The smallest absolute Gasteiger partial charge is 0.494 e. The van der Waals surface area contributed by atoms with E-state index in [1.54, 1.807) is 19.2 Å². The average molecular weight is 1710 g/mol. The highest BCUT2D eigenvalue weighted by molar-refractivity contribution is 6.01. The van der Waals surface area contributed by atoms with Crippen LogP contribution in [-0.2, 0) is 122 Å². The van der Waals surface area contributed by atoms with Crippen molar-refractivity contribution in [3.05, 3.63) is 175 Å². The molecular formula is C84H93F6N7O25. The van der Waals surface area contributed by atoms with E-state index in [1.807, 2.05) is 36.4 Å². The van der Waals surface area contributed by atoms with Crippen molar-refractivity contribution in [2.75, 3.05) is 132 Å². The van der Waals surface area contributed by atoms with Gasteiger partial charge in [0.1, 0.15) is 44.6 Å². The molecule has 2 aliphatic heterocycles. The summed E-state index contributed by atoms with van der Waals surface area (Å²) in [5, 5.41) is 13.0. The Morgan fingerprint density at radius 3 is 1.79 bits per heavy atom. The number of methoxy groups -OCH3 is 2. The molecule has 4 heterocycles. The van der Waals surface area contributed by atoms with Crippen LogP contribution in [0.3, 0.4) is 0 Å². The van der Waals surface area contributed by atoms with Crippen LogP contribution in [0, 0.1) is 40.8 Å². The van der Waals surface area contributed by atoms with Gasteiger partial charge < -0.3 is 102 Å². The number of pyridine rings is 2. The second-order valence-electron chi connectivity index (χ2n) is 28.2. The number of amides is 5. The van der Waals surface area contributed by atoms with E-state index in [0.717, 1.165) is 28.3 Å². The Kier molecular flexibility index (Phi) is 33.6. The number of fused-ring (bicyclic) bond motifs is 8. The molecule has 656 valence electrons. The lowest BCUT2D eigenvalue weighted by Gasteiger charge is -2.35. The molecule has 0 radical (unpaired) electrons. The lowest BCUT2D eigenvalue weighted by molar-refractivity contribution is -0.175. The van der Waals surface area contributed by atoms with Crippen molar-refractivity contribution in [3.8, 4) is 34.0 Å². The SMILES string of the molecule is CC[C@@]1(OC(=O)OCc2ccc(NC(=O)[C@H](C)NC(=O)[C@@H](NC(=O)[C@H](CCC(=O)Oc3c(F)c(F)c(F)c(F)c3F)NC(=O)OCC3c4ccccc4-c4ccccc43)C(C)C)cc2C(=O)NCCOCCOCCOCCOCCOCCOCCOCCOC)C(=O)OCc2c1cc1n(c2=O)Cc2c-1nc1cc(F)c(OC)cc1c2COC(C)=O. The monoisotopic (exact) mass is 1710 g/mol. The predicted molar refractivity (Wildman–Crippen MR) is 418 cm³/mol. The molecule has 7 aromatic rings. The Labute approximate surface area is 695 Å². The summed E-state index contributed by atoms with van der Waals surface area (Å²) in [4.78, 5) is 144. The summed E-state index contributed by atoms with van der Waals surface area (Å²) < 4.78 is 169. The maximum absolute atomic E-state index is 15.3. The number of cyclic esters (lactones) is 1. The van der Waals surface area contributed by atoms with Crippen LogP contribution in [0.15, 0.2) is 89.7 Å². The second kappa shape index (κ2) is 44.2. The number of anilines is 1. The quantitative estimate of drug-likeness (QED) is 0.00452. The lowest BCUT2D eigenvalue weighted by atomic mass is 9.85. The number of nitrogens with zero attached hydrogens (tertiary/aromatic N) is 2. The molecule has 5 N–H and O–H groups in total. The summed E-state index contributed by atoms with van der Waals surface area (Å²) in [7, 11) is 2.87. The summed E-state index contributed by atoms with van der Waals surface area (Å²) >= 11 is 0. The number of rotatable bonds is 46. The molecule has 0 unspecified atom stereocenters. The number of carbonyl (C=O) groups is 9. The fourth-order valence-corrected chi connectivity index (χ4v) is 13.6. The number of hydrogen-bond acceptors (Lipinski definition) is 26. The number of esters is 3. The standard InChI is InChI=1S/C84H93F6N7O25/c1-8-84(61-39-65-74-57(41-97(65)80(104)60(61)45-118-81(84)105)59(43-117-48(5)98)56-38-66(109-7)62(85)40-64(56)94-74)122-83(107)120-42-49-17-18-50(37-55(49)77(101)91-21-22-110-25-26-112-29-30-114-33-34-116-36-35-115-32-31-113-28-27-111-24-23-108-6)93-76(100)47(4)92-79(103)73(46(2)3)96-78(102)63(19-20-67(99)121-75-71(89)69(87)68(86)70(88)72(75)90)95-82(106)119-44-58-53-15-11-9-13-51(53)52-14-10-12-16-54(52)58/h9-18,37-40,46-47,58,63,73H,8,19-36,41-45H2,1-7H3,(H,91,101)(H,92,103)(H,93,100)(H,95,106)(H,96,102)/t47-,63-,73-,84-/m0/s1. The van der Waals surface area contributed by atoms with Crippen LogP contribution < -0.4 is 41.6 Å². The Balaban J connectivity index is 0.794. The van der Waals surface area contributed by atoms with Gasteiger partial charge >= 0.3 is 30.2 Å². The summed E-state index contributed by atoms with van der Waals surface area (Å²) in [5.41, 5.74) is 1.15.